The Labute approximate surface area is 175 Å². The first-order valence-corrected chi connectivity index (χ1v) is 10.1. The molecule has 3 aromatic rings. The maximum absolute atomic E-state index is 12.7. The third kappa shape index (κ3) is 5.06. The fraction of sp³-hybridized carbons (Fsp3) is 0.200. The minimum absolute atomic E-state index is 0.0124. The molecule has 0 saturated heterocycles. The minimum atomic E-state index is -0.989. The molecule has 1 saturated carbocycles. The van der Waals surface area contributed by atoms with Gasteiger partial charge in [-0.25, -0.2) is 4.79 Å². The molecule has 0 radical (unpaired) electrons. The molecule has 2 atom stereocenters. The number of hydrogen-bond acceptors (Lipinski definition) is 2. The van der Waals surface area contributed by atoms with E-state index in [1.165, 1.54) is 5.56 Å². The molecule has 1 fully saturated rings. The van der Waals surface area contributed by atoms with Crippen molar-refractivity contribution in [1.82, 2.24) is 5.32 Å². The number of carboxylic acid groups (broad SMARTS) is 1. The maximum atomic E-state index is 12.7. The molecule has 0 bridgehead atoms. The Balaban J connectivity index is 1.34. The van der Waals surface area contributed by atoms with Gasteiger partial charge in [0.1, 0.15) is 0 Å². The van der Waals surface area contributed by atoms with E-state index in [1.807, 2.05) is 66.7 Å². The topological polar surface area (TPSA) is 78.4 Å². The first-order chi connectivity index (χ1) is 14.6. The molecular weight excluding hydrogens is 376 g/mol. The van der Waals surface area contributed by atoms with E-state index in [2.05, 4.69) is 22.8 Å². The Hall–Kier alpha value is -3.60. The van der Waals surface area contributed by atoms with E-state index < -0.39 is 6.09 Å². The zero-order valence-corrected chi connectivity index (χ0v) is 16.5. The second-order valence-corrected chi connectivity index (χ2v) is 7.66. The van der Waals surface area contributed by atoms with Crippen LogP contribution in [-0.2, 0) is 12.8 Å². The molecule has 0 unspecified atom stereocenters. The monoisotopic (exact) mass is 400 g/mol. The van der Waals surface area contributed by atoms with Crippen molar-refractivity contribution >= 4 is 17.7 Å². The van der Waals surface area contributed by atoms with Crippen LogP contribution in [0.4, 0.5) is 10.5 Å². The molecule has 152 valence electrons. The fourth-order valence-corrected chi connectivity index (χ4v) is 3.70. The number of benzene rings is 3. The molecule has 0 aliphatic heterocycles. The summed E-state index contributed by atoms with van der Waals surface area (Å²) in [7, 11) is 0. The van der Waals surface area contributed by atoms with Gasteiger partial charge in [-0.2, -0.15) is 0 Å². The highest BCUT2D eigenvalue weighted by Crippen LogP contribution is 2.41. The number of carbonyl (C=O) groups is 2. The number of anilines is 1. The van der Waals surface area contributed by atoms with Crippen molar-refractivity contribution in [3.05, 3.63) is 101 Å². The predicted octanol–water partition coefficient (Wildman–Crippen LogP) is 4.85. The molecule has 2 amide bonds. The van der Waals surface area contributed by atoms with Crippen molar-refractivity contribution in [3.63, 3.8) is 0 Å². The van der Waals surface area contributed by atoms with Crippen LogP contribution in [0, 0.1) is 0 Å². The van der Waals surface area contributed by atoms with Gasteiger partial charge in [0.05, 0.1) is 0 Å². The number of carbonyl (C=O) groups excluding carboxylic acids is 1. The summed E-state index contributed by atoms with van der Waals surface area (Å²) >= 11 is 0. The molecule has 0 aromatic heterocycles. The van der Waals surface area contributed by atoms with E-state index in [9.17, 15) is 9.59 Å². The second kappa shape index (κ2) is 8.82. The Morgan fingerprint density at radius 3 is 2.30 bits per heavy atom. The summed E-state index contributed by atoms with van der Waals surface area (Å²) in [5, 5.41) is 14.2. The van der Waals surface area contributed by atoms with Crippen LogP contribution in [0.3, 0.4) is 0 Å². The van der Waals surface area contributed by atoms with Gasteiger partial charge in [-0.1, -0.05) is 54.6 Å². The van der Waals surface area contributed by atoms with Crippen LogP contribution in [-0.4, -0.2) is 23.1 Å². The van der Waals surface area contributed by atoms with Crippen LogP contribution in [0.5, 0.6) is 0 Å². The molecule has 5 heteroatoms. The first-order valence-electron chi connectivity index (χ1n) is 10.1. The summed E-state index contributed by atoms with van der Waals surface area (Å²) in [6.07, 6.45) is 1.64. The highest BCUT2D eigenvalue weighted by atomic mass is 16.4. The van der Waals surface area contributed by atoms with Gasteiger partial charge in [0.25, 0.3) is 5.91 Å². The molecule has 4 rings (SSSR count). The number of nitrogens with one attached hydrogen (secondary N) is 2. The minimum Gasteiger partial charge on any atom is -0.465 e. The molecular formula is C25H24N2O3. The zero-order valence-electron chi connectivity index (χ0n) is 16.5. The molecule has 0 spiro atoms. The van der Waals surface area contributed by atoms with E-state index in [0.29, 0.717) is 5.56 Å². The van der Waals surface area contributed by atoms with Crippen molar-refractivity contribution < 1.29 is 14.7 Å². The van der Waals surface area contributed by atoms with E-state index in [-0.39, 0.29) is 17.9 Å². The lowest BCUT2D eigenvalue weighted by Gasteiger charge is -2.08. The van der Waals surface area contributed by atoms with Gasteiger partial charge >= 0.3 is 6.09 Å². The van der Waals surface area contributed by atoms with Gasteiger partial charge in [0.2, 0.25) is 0 Å². The lowest BCUT2D eigenvalue weighted by molar-refractivity contribution is 0.102. The molecule has 0 heterocycles. The summed E-state index contributed by atoms with van der Waals surface area (Å²) in [6.45, 7) is 0. The van der Waals surface area contributed by atoms with Gasteiger partial charge in [-0.05, 0) is 60.2 Å². The van der Waals surface area contributed by atoms with Crippen LogP contribution in [0.2, 0.25) is 0 Å². The van der Waals surface area contributed by atoms with Crippen LogP contribution < -0.4 is 10.6 Å². The highest BCUT2D eigenvalue weighted by molar-refractivity contribution is 6.04. The molecule has 30 heavy (non-hydrogen) atoms. The second-order valence-electron chi connectivity index (χ2n) is 7.66. The van der Waals surface area contributed by atoms with Gasteiger partial charge < -0.3 is 15.7 Å². The van der Waals surface area contributed by atoms with Crippen molar-refractivity contribution in [2.75, 3.05) is 5.32 Å². The normalized spacial score (nSPS) is 17.2. The number of rotatable bonds is 7. The summed E-state index contributed by atoms with van der Waals surface area (Å²) in [4.78, 5) is 23.4. The molecule has 1 aliphatic rings. The van der Waals surface area contributed by atoms with Gasteiger partial charge in [-0.15, -0.1) is 0 Å². The van der Waals surface area contributed by atoms with Crippen molar-refractivity contribution in [3.8, 4) is 0 Å². The molecule has 3 aromatic carbocycles. The summed E-state index contributed by atoms with van der Waals surface area (Å²) in [5.41, 5.74) is 4.85. The van der Waals surface area contributed by atoms with Crippen molar-refractivity contribution in [2.45, 2.75) is 31.2 Å². The van der Waals surface area contributed by atoms with Crippen LogP contribution in [0.25, 0.3) is 0 Å². The molecule has 5 nitrogen and oxygen atoms in total. The van der Waals surface area contributed by atoms with Crippen molar-refractivity contribution in [1.29, 1.82) is 0 Å². The van der Waals surface area contributed by atoms with E-state index in [4.69, 9.17) is 5.11 Å². The Bertz CT molecular complexity index is 1030. The SMILES string of the molecule is O=C(O)N[C@@H]1C[C@H]1c1ccc(NC(=O)c2cccc(CCc3ccccc3)c2)cc1. The first kappa shape index (κ1) is 19.7. The van der Waals surface area contributed by atoms with Gasteiger partial charge in [0.15, 0.2) is 0 Å². The van der Waals surface area contributed by atoms with Crippen molar-refractivity contribution in [2.24, 2.45) is 0 Å². The van der Waals surface area contributed by atoms with Gasteiger partial charge in [0, 0.05) is 23.2 Å². The van der Waals surface area contributed by atoms with E-state index in [1.54, 1.807) is 0 Å². The van der Waals surface area contributed by atoms with Gasteiger partial charge in [-0.3, -0.25) is 4.79 Å². The Morgan fingerprint density at radius 1 is 0.867 bits per heavy atom. The number of aryl methyl sites for hydroxylation is 2. The highest BCUT2D eigenvalue weighted by Gasteiger charge is 2.39. The van der Waals surface area contributed by atoms with Crippen LogP contribution in [0.1, 0.15) is 39.4 Å². The Kier molecular flexibility index (Phi) is 5.80. The third-order valence-corrected chi connectivity index (χ3v) is 5.43. The lowest BCUT2D eigenvalue weighted by atomic mass is 10.0. The third-order valence-electron chi connectivity index (χ3n) is 5.43. The Morgan fingerprint density at radius 2 is 1.57 bits per heavy atom. The lowest BCUT2D eigenvalue weighted by Crippen LogP contribution is -2.24. The largest absolute Gasteiger partial charge is 0.465 e. The fourth-order valence-electron chi connectivity index (χ4n) is 3.70. The van der Waals surface area contributed by atoms with E-state index in [0.717, 1.165) is 36.1 Å². The summed E-state index contributed by atoms with van der Waals surface area (Å²) in [5.74, 6) is 0.0771. The number of amides is 2. The summed E-state index contributed by atoms with van der Waals surface area (Å²) < 4.78 is 0. The standard InChI is InChI=1S/C25H24N2O3/c28-24(20-8-4-7-18(15-20)10-9-17-5-2-1-3-6-17)26-21-13-11-19(12-14-21)22-16-23(22)27-25(29)30/h1-8,11-15,22-23,27H,9-10,16H2,(H,26,28)(H,29,30)/t22-,23+/m0/s1. The quantitative estimate of drug-likeness (QED) is 0.531. The zero-order chi connectivity index (χ0) is 20.9. The average molecular weight is 400 g/mol. The number of hydrogen-bond donors (Lipinski definition) is 3. The average Bonchev–Trinajstić information content (AvgIpc) is 3.52. The maximum Gasteiger partial charge on any atom is 0.404 e. The predicted molar refractivity (Wildman–Crippen MR) is 117 cm³/mol. The summed E-state index contributed by atoms with van der Waals surface area (Å²) in [6, 6.07) is 25.6. The van der Waals surface area contributed by atoms with Crippen LogP contribution >= 0.6 is 0 Å². The smallest absolute Gasteiger partial charge is 0.404 e. The van der Waals surface area contributed by atoms with Crippen LogP contribution in [0.15, 0.2) is 78.9 Å². The molecule has 1 aliphatic carbocycles. The molecule has 3 N–H and O–H groups in total. The van der Waals surface area contributed by atoms with E-state index >= 15 is 0 Å².